The van der Waals surface area contributed by atoms with Gasteiger partial charge in [0, 0.05) is 29.6 Å². The van der Waals surface area contributed by atoms with Crippen molar-refractivity contribution in [3.05, 3.63) is 65.4 Å². The Bertz CT molecular complexity index is 1150. The molecular weight excluding hydrogens is 430 g/mol. The Morgan fingerprint density at radius 3 is 2.47 bits per heavy atom. The van der Waals surface area contributed by atoms with Crippen LogP contribution in [-0.4, -0.2) is 46.7 Å². The third-order valence-electron chi connectivity index (χ3n) is 4.60. The van der Waals surface area contributed by atoms with E-state index in [-0.39, 0.29) is 22.4 Å². The van der Waals surface area contributed by atoms with Crippen LogP contribution in [0.25, 0.3) is 0 Å². The van der Waals surface area contributed by atoms with Crippen molar-refractivity contribution >= 4 is 40.2 Å². The molecule has 9 nitrogen and oxygen atoms in total. The van der Waals surface area contributed by atoms with Crippen molar-refractivity contribution in [3.8, 4) is 5.75 Å². The lowest BCUT2D eigenvalue weighted by Crippen LogP contribution is -2.18. The minimum absolute atomic E-state index is 0.128. The summed E-state index contributed by atoms with van der Waals surface area (Å²) in [5.41, 5.74) is 2.41. The molecule has 0 spiro atoms. The van der Waals surface area contributed by atoms with Crippen LogP contribution in [0.3, 0.4) is 0 Å². The van der Waals surface area contributed by atoms with Gasteiger partial charge in [0.25, 0.3) is 11.8 Å². The van der Waals surface area contributed by atoms with E-state index in [4.69, 9.17) is 4.74 Å². The molecule has 1 heterocycles. The van der Waals surface area contributed by atoms with E-state index in [9.17, 15) is 14.1 Å². The Hall–Kier alpha value is -3.63. The number of rotatable bonds is 7. The lowest BCUT2D eigenvalue weighted by molar-refractivity contribution is 0.101. The number of amides is 2. The van der Waals surface area contributed by atoms with Crippen molar-refractivity contribution < 1.29 is 18.9 Å². The summed E-state index contributed by atoms with van der Waals surface area (Å²) >= 11 is -1.37. The van der Waals surface area contributed by atoms with Gasteiger partial charge in [0.05, 0.1) is 18.9 Å². The van der Waals surface area contributed by atoms with Gasteiger partial charge in [-0.3, -0.25) is 9.59 Å². The van der Waals surface area contributed by atoms with Crippen molar-refractivity contribution in [1.82, 2.24) is 9.97 Å². The van der Waals surface area contributed by atoms with Gasteiger partial charge < -0.3 is 25.2 Å². The standard InChI is InChI=1S/C22H23N5O4S/c1-13-9-10-14(25-20(28)15-7-5-6-8-18(15)31-3)11-17(13)26-21(29)16-12-24-22(32(4)30)27-19(16)23-2/h5-12H,1-4H3,(H,25,28)(H,26,29)(H,23,24,27). The molecule has 166 valence electrons. The number of ether oxygens (including phenoxy) is 1. The number of carbonyl (C=O) groups is 2. The zero-order chi connectivity index (χ0) is 23.3. The molecule has 3 rings (SSSR count). The van der Waals surface area contributed by atoms with Gasteiger partial charge in [0.15, 0.2) is 0 Å². The van der Waals surface area contributed by atoms with E-state index in [1.165, 1.54) is 19.6 Å². The first-order valence-corrected chi connectivity index (χ1v) is 11.1. The molecule has 0 saturated carbocycles. The molecule has 10 heteroatoms. The van der Waals surface area contributed by atoms with Gasteiger partial charge in [-0.05, 0) is 36.8 Å². The molecule has 0 aliphatic rings. The highest BCUT2D eigenvalue weighted by atomic mass is 32.2. The maximum Gasteiger partial charge on any atom is 0.344 e. The number of benzene rings is 2. The van der Waals surface area contributed by atoms with Crippen LogP contribution >= 0.6 is 0 Å². The average molecular weight is 454 g/mol. The van der Waals surface area contributed by atoms with Crippen LogP contribution in [0, 0.1) is 6.92 Å². The van der Waals surface area contributed by atoms with Crippen LogP contribution in [0.5, 0.6) is 5.75 Å². The van der Waals surface area contributed by atoms with Gasteiger partial charge in [-0.1, -0.05) is 18.2 Å². The number of nitrogens with zero attached hydrogens (tertiary/aromatic N) is 2. The smallest absolute Gasteiger partial charge is 0.344 e. The molecular formula is C22H23N5O4S. The summed E-state index contributed by atoms with van der Waals surface area (Å²) in [6.45, 7) is 1.83. The molecule has 3 aromatic rings. The fourth-order valence-corrected chi connectivity index (χ4v) is 3.34. The van der Waals surface area contributed by atoms with E-state index in [1.807, 2.05) is 6.92 Å². The fraction of sp³-hybridized carbons (Fsp3) is 0.182. The molecule has 1 atom stereocenters. The van der Waals surface area contributed by atoms with Gasteiger partial charge in [-0.2, -0.15) is 9.97 Å². The lowest BCUT2D eigenvalue weighted by Gasteiger charge is -2.14. The minimum Gasteiger partial charge on any atom is -0.609 e. The Labute approximate surface area is 188 Å². The quantitative estimate of drug-likeness (QED) is 0.370. The summed E-state index contributed by atoms with van der Waals surface area (Å²) in [4.78, 5) is 33.7. The molecule has 2 amide bonds. The van der Waals surface area contributed by atoms with Crippen LogP contribution < -0.4 is 20.7 Å². The van der Waals surface area contributed by atoms with Crippen LogP contribution in [-0.2, 0) is 11.2 Å². The molecule has 2 aromatic carbocycles. The first-order chi connectivity index (χ1) is 15.3. The highest BCUT2D eigenvalue weighted by Crippen LogP contribution is 2.24. The van der Waals surface area contributed by atoms with Gasteiger partial charge in [0.2, 0.25) is 0 Å². The van der Waals surface area contributed by atoms with Gasteiger partial charge in [-0.15, -0.1) is 0 Å². The largest absolute Gasteiger partial charge is 0.609 e. The molecule has 0 fully saturated rings. The number of aromatic nitrogens is 2. The van der Waals surface area contributed by atoms with E-state index in [0.717, 1.165) is 5.56 Å². The molecule has 3 N–H and O–H groups in total. The van der Waals surface area contributed by atoms with Crippen LogP contribution in [0.1, 0.15) is 26.3 Å². The second-order valence-electron chi connectivity index (χ2n) is 6.76. The summed E-state index contributed by atoms with van der Waals surface area (Å²) < 4.78 is 16.9. The Kier molecular flexibility index (Phi) is 7.29. The molecule has 0 aliphatic carbocycles. The van der Waals surface area contributed by atoms with Crippen molar-refractivity contribution in [3.63, 3.8) is 0 Å². The van der Waals surface area contributed by atoms with Crippen molar-refractivity contribution in [1.29, 1.82) is 0 Å². The second-order valence-corrected chi connectivity index (χ2v) is 8.03. The normalized spacial score (nSPS) is 11.4. The third-order valence-corrected chi connectivity index (χ3v) is 5.31. The summed E-state index contributed by atoms with van der Waals surface area (Å²) in [7, 11) is 3.11. The molecule has 0 saturated heterocycles. The predicted molar refractivity (Wildman–Crippen MR) is 124 cm³/mol. The lowest BCUT2D eigenvalue weighted by atomic mass is 10.1. The first kappa shape index (κ1) is 23.0. The average Bonchev–Trinajstić information content (AvgIpc) is 2.80. The van der Waals surface area contributed by atoms with Crippen molar-refractivity contribution in [2.24, 2.45) is 0 Å². The Morgan fingerprint density at radius 2 is 1.78 bits per heavy atom. The number of carbonyl (C=O) groups excluding carboxylic acids is 2. The Balaban J connectivity index is 1.82. The number of hydrogen-bond donors (Lipinski definition) is 3. The fourth-order valence-electron chi connectivity index (χ4n) is 2.92. The van der Waals surface area contributed by atoms with Gasteiger partial charge in [-0.25, -0.2) is 0 Å². The van der Waals surface area contributed by atoms with E-state index in [0.29, 0.717) is 22.7 Å². The number of para-hydroxylation sites is 1. The summed E-state index contributed by atoms with van der Waals surface area (Å²) in [6, 6.07) is 12.1. The van der Waals surface area contributed by atoms with E-state index in [2.05, 4.69) is 25.9 Å². The monoisotopic (exact) mass is 453 g/mol. The van der Waals surface area contributed by atoms with Crippen molar-refractivity contribution in [2.45, 2.75) is 12.1 Å². The second kappa shape index (κ2) is 10.1. The molecule has 32 heavy (non-hydrogen) atoms. The van der Waals surface area contributed by atoms with Crippen LogP contribution in [0.2, 0.25) is 0 Å². The zero-order valence-corrected chi connectivity index (χ0v) is 18.9. The molecule has 1 aromatic heterocycles. The summed E-state index contributed by atoms with van der Waals surface area (Å²) in [5, 5.41) is 8.58. The number of hydrogen-bond acceptors (Lipinski definition) is 7. The maximum atomic E-state index is 12.9. The van der Waals surface area contributed by atoms with Gasteiger partial charge in [0.1, 0.15) is 23.4 Å². The molecule has 1 unspecified atom stereocenters. The highest BCUT2D eigenvalue weighted by Gasteiger charge is 2.19. The van der Waals surface area contributed by atoms with E-state index in [1.54, 1.807) is 49.5 Å². The zero-order valence-electron chi connectivity index (χ0n) is 18.1. The number of aryl methyl sites for hydroxylation is 1. The van der Waals surface area contributed by atoms with Crippen LogP contribution in [0.15, 0.2) is 53.8 Å². The number of methoxy groups -OCH3 is 1. The van der Waals surface area contributed by atoms with E-state index >= 15 is 0 Å². The minimum atomic E-state index is -1.37. The van der Waals surface area contributed by atoms with Gasteiger partial charge >= 0.3 is 5.16 Å². The SMILES string of the molecule is CNc1nc([S+](C)[O-])ncc1C(=O)Nc1cc(NC(=O)c2ccccc2OC)ccc1C. The highest BCUT2D eigenvalue weighted by molar-refractivity contribution is 7.90. The topological polar surface area (TPSA) is 128 Å². The van der Waals surface area contributed by atoms with Crippen molar-refractivity contribution in [2.75, 3.05) is 36.4 Å². The molecule has 0 radical (unpaired) electrons. The predicted octanol–water partition coefficient (Wildman–Crippen LogP) is 3.08. The Morgan fingerprint density at radius 1 is 1.06 bits per heavy atom. The maximum absolute atomic E-state index is 12.9. The number of anilines is 3. The summed E-state index contributed by atoms with van der Waals surface area (Å²) in [5.74, 6) is -0.0561. The first-order valence-electron chi connectivity index (χ1n) is 9.58. The molecule has 0 bridgehead atoms. The molecule has 0 aliphatic heterocycles. The summed E-state index contributed by atoms with van der Waals surface area (Å²) in [6.07, 6.45) is 2.79. The third kappa shape index (κ3) is 5.16. The number of nitrogens with one attached hydrogen (secondary N) is 3. The van der Waals surface area contributed by atoms with Crippen LogP contribution in [0.4, 0.5) is 17.2 Å². The van der Waals surface area contributed by atoms with E-state index < -0.39 is 17.1 Å².